The Balaban J connectivity index is 1.56. The molecule has 0 radical (unpaired) electrons. The molecule has 1 aliphatic heterocycles. The molecule has 1 N–H and O–H groups in total. The second-order valence-corrected chi connectivity index (χ2v) is 7.23. The molecule has 1 unspecified atom stereocenters. The lowest BCUT2D eigenvalue weighted by molar-refractivity contribution is -0.141. The molecule has 2 fully saturated rings. The summed E-state index contributed by atoms with van der Waals surface area (Å²) in [4.78, 5) is 26.9. The van der Waals surface area contributed by atoms with E-state index in [2.05, 4.69) is 5.32 Å². The van der Waals surface area contributed by atoms with Crippen molar-refractivity contribution < 1.29 is 14.3 Å². The van der Waals surface area contributed by atoms with Crippen LogP contribution in [0, 0.1) is 11.3 Å². The maximum absolute atomic E-state index is 12.7. The van der Waals surface area contributed by atoms with Gasteiger partial charge in [-0.1, -0.05) is 12.1 Å². The topological polar surface area (TPSA) is 58.6 Å². The van der Waals surface area contributed by atoms with Crippen molar-refractivity contribution in [2.75, 3.05) is 20.2 Å². The summed E-state index contributed by atoms with van der Waals surface area (Å²) in [5.41, 5.74) is 0.546. The van der Waals surface area contributed by atoms with Crippen molar-refractivity contribution in [3.63, 3.8) is 0 Å². The minimum absolute atomic E-state index is 0.0339. The molecule has 24 heavy (non-hydrogen) atoms. The van der Waals surface area contributed by atoms with E-state index in [0.29, 0.717) is 13.1 Å². The first kappa shape index (κ1) is 16.8. The number of nitrogens with one attached hydrogen (secondary N) is 1. The van der Waals surface area contributed by atoms with Crippen LogP contribution in [0.1, 0.15) is 38.2 Å². The van der Waals surface area contributed by atoms with Gasteiger partial charge in [0.15, 0.2) is 0 Å². The van der Waals surface area contributed by atoms with Crippen LogP contribution in [0.4, 0.5) is 0 Å². The van der Waals surface area contributed by atoms with Crippen molar-refractivity contribution in [3.05, 3.63) is 29.8 Å². The highest BCUT2D eigenvalue weighted by Crippen LogP contribution is 2.35. The van der Waals surface area contributed by atoms with Crippen LogP contribution < -0.4 is 10.1 Å². The van der Waals surface area contributed by atoms with E-state index >= 15 is 0 Å². The van der Waals surface area contributed by atoms with E-state index in [4.69, 9.17) is 4.74 Å². The van der Waals surface area contributed by atoms with Crippen LogP contribution in [0.5, 0.6) is 5.75 Å². The van der Waals surface area contributed by atoms with E-state index in [1.54, 1.807) is 7.11 Å². The average molecular weight is 330 g/mol. The largest absolute Gasteiger partial charge is 0.497 e. The van der Waals surface area contributed by atoms with Gasteiger partial charge in [-0.15, -0.1) is 0 Å². The molecule has 5 heteroatoms. The van der Waals surface area contributed by atoms with Crippen LogP contribution in [-0.2, 0) is 16.1 Å². The molecule has 2 aliphatic rings. The van der Waals surface area contributed by atoms with Crippen molar-refractivity contribution in [2.24, 2.45) is 11.3 Å². The number of carbonyl (C=O) groups excluding carboxylic acids is 2. The van der Waals surface area contributed by atoms with Gasteiger partial charge in [0.1, 0.15) is 5.75 Å². The summed E-state index contributed by atoms with van der Waals surface area (Å²) >= 11 is 0. The molecule has 1 aromatic carbocycles. The van der Waals surface area contributed by atoms with Crippen LogP contribution in [0.3, 0.4) is 0 Å². The van der Waals surface area contributed by atoms with Crippen molar-refractivity contribution >= 4 is 11.8 Å². The predicted molar refractivity (Wildman–Crippen MR) is 91.5 cm³/mol. The Morgan fingerprint density at radius 2 is 2.00 bits per heavy atom. The second kappa shape index (κ2) is 6.83. The van der Waals surface area contributed by atoms with Crippen molar-refractivity contribution in [1.82, 2.24) is 10.2 Å². The minimum Gasteiger partial charge on any atom is -0.497 e. The van der Waals surface area contributed by atoms with Crippen LogP contribution in [0.15, 0.2) is 24.3 Å². The Morgan fingerprint density at radius 1 is 1.29 bits per heavy atom. The third kappa shape index (κ3) is 3.71. The summed E-state index contributed by atoms with van der Waals surface area (Å²) in [7, 11) is 1.63. The second-order valence-electron chi connectivity index (χ2n) is 7.23. The standard InChI is InChI=1S/C19H26N2O3/c1-19(10-3-11-21(13-19)17(22)15-6-7-15)18(23)20-12-14-4-8-16(24-2)9-5-14/h4-5,8-9,15H,3,6-7,10-13H2,1-2H3,(H,20,23). The summed E-state index contributed by atoms with van der Waals surface area (Å²) < 4.78 is 5.14. The fraction of sp³-hybridized carbons (Fsp3) is 0.579. The van der Waals surface area contributed by atoms with Crippen molar-refractivity contribution in [1.29, 1.82) is 0 Å². The number of nitrogens with zero attached hydrogens (tertiary/aromatic N) is 1. The van der Waals surface area contributed by atoms with Gasteiger partial charge in [-0.3, -0.25) is 9.59 Å². The zero-order valence-corrected chi connectivity index (χ0v) is 14.5. The highest BCUT2D eigenvalue weighted by atomic mass is 16.5. The Kier molecular flexibility index (Phi) is 4.78. The van der Waals surface area contributed by atoms with Gasteiger partial charge in [0.05, 0.1) is 12.5 Å². The highest BCUT2D eigenvalue weighted by Gasteiger charge is 2.42. The van der Waals surface area contributed by atoms with E-state index in [1.807, 2.05) is 36.1 Å². The van der Waals surface area contributed by atoms with Crippen LogP contribution >= 0.6 is 0 Å². The molecule has 2 amide bonds. The fourth-order valence-electron chi connectivity index (χ4n) is 3.34. The lowest BCUT2D eigenvalue weighted by Gasteiger charge is -2.39. The molecular weight excluding hydrogens is 304 g/mol. The number of methoxy groups -OCH3 is 1. The first-order valence-corrected chi connectivity index (χ1v) is 8.72. The SMILES string of the molecule is COc1ccc(CNC(=O)C2(C)CCCN(C(=O)C3CC3)C2)cc1. The van der Waals surface area contributed by atoms with E-state index in [9.17, 15) is 9.59 Å². The number of hydrogen-bond acceptors (Lipinski definition) is 3. The smallest absolute Gasteiger partial charge is 0.227 e. The van der Waals surface area contributed by atoms with E-state index in [0.717, 1.165) is 43.5 Å². The molecule has 1 saturated heterocycles. The molecule has 1 atom stereocenters. The third-order valence-electron chi connectivity index (χ3n) is 5.09. The monoisotopic (exact) mass is 330 g/mol. The first-order chi connectivity index (χ1) is 11.5. The lowest BCUT2D eigenvalue weighted by Crippen LogP contribution is -2.52. The number of carbonyl (C=O) groups is 2. The summed E-state index contributed by atoms with van der Waals surface area (Å²) in [5, 5.41) is 3.03. The maximum Gasteiger partial charge on any atom is 0.227 e. The molecule has 0 aromatic heterocycles. The van der Waals surface area contributed by atoms with Gasteiger partial charge in [-0.05, 0) is 50.3 Å². The fourth-order valence-corrected chi connectivity index (χ4v) is 3.34. The number of piperidine rings is 1. The number of ether oxygens (including phenoxy) is 1. The van der Waals surface area contributed by atoms with Crippen molar-refractivity contribution in [2.45, 2.75) is 39.2 Å². The number of benzene rings is 1. The van der Waals surface area contributed by atoms with Crippen LogP contribution in [0.25, 0.3) is 0 Å². The van der Waals surface area contributed by atoms with E-state index in [1.165, 1.54) is 0 Å². The molecule has 3 rings (SSSR count). The summed E-state index contributed by atoms with van der Waals surface area (Å²) in [6, 6.07) is 7.68. The van der Waals surface area contributed by atoms with Gasteiger partial charge < -0.3 is 15.0 Å². The van der Waals surface area contributed by atoms with E-state index < -0.39 is 5.41 Å². The molecule has 0 spiro atoms. The molecule has 1 heterocycles. The number of likely N-dealkylation sites (tertiary alicyclic amines) is 1. The molecule has 0 bridgehead atoms. The lowest BCUT2D eigenvalue weighted by atomic mass is 9.80. The Morgan fingerprint density at radius 3 is 2.62 bits per heavy atom. The molecule has 5 nitrogen and oxygen atoms in total. The van der Waals surface area contributed by atoms with E-state index in [-0.39, 0.29) is 17.7 Å². The molecule has 1 saturated carbocycles. The third-order valence-corrected chi connectivity index (χ3v) is 5.09. The van der Waals surface area contributed by atoms with Gasteiger partial charge in [0.2, 0.25) is 11.8 Å². The average Bonchev–Trinajstić information content (AvgIpc) is 3.44. The van der Waals surface area contributed by atoms with Gasteiger partial charge in [0.25, 0.3) is 0 Å². The zero-order chi connectivity index (χ0) is 17.2. The summed E-state index contributed by atoms with van der Waals surface area (Å²) in [6.07, 6.45) is 3.74. The minimum atomic E-state index is -0.491. The Hall–Kier alpha value is -2.04. The Bertz CT molecular complexity index is 610. The van der Waals surface area contributed by atoms with Crippen molar-refractivity contribution in [3.8, 4) is 5.75 Å². The predicted octanol–water partition coefficient (Wildman–Crippen LogP) is 2.35. The van der Waals surface area contributed by atoms with Gasteiger partial charge in [-0.25, -0.2) is 0 Å². The summed E-state index contributed by atoms with van der Waals surface area (Å²) in [5.74, 6) is 1.30. The highest BCUT2D eigenvalue weighted by molar-refractivity contribution is 5.85. The Labute approximate surface area is 143 Å². The quantitative estimate of drug-likeness (QED) is 0.901. The number of rotatable bonds is 5. The van der Waals surface area contributed by atoms with Gasteiger partial charge in [-0.2, -0.15) is 0 Å². The van der Waals surface area contributed by atoms with Crippen LogP contribution in [-0.4, -0.2) is 36.9 Å². The normalized spacial score (nSPS) is 23.7. The van der Waals surface area contributed by atoms with Crippen LogP contribution in [0.2, 0.25) is 0 Å². The first-order valence-electron chi connectivity index (χ1n) is 8.72. The van der Waals surface area contributed by atoms with Gasteiger partial charge >= 0.3 is 0 Å². The van der Waals surface area contributed by atoms with Gasteiger partial charge in [0, 0.05) is 25.6 Å². The summed E-state index contributed by atoms with van der Waals surface area (Å²) in [6.45, 7) is 3.80. The maximum atomic E-state index is 12.7. The molecule has 130 valence electrons. The zero-order valence-electron chi connectivity index (χ0n) is 14.5. The molecular formula is C19H26N2O3. The molecule has 1 aliphatic carbocycles. The molecule has 1 aromatic rings. The number of hydrogen-bond donors (Lipinski definition) is 1. The number of amides is 2.